The van der Waals surface area contributed by atoms with Gasteiger partial charge in [-0.05, 0) is 43.9 Å². The van der Waals surface area contributed by atoms with Gasteiger partial charge in [0.1, 0.15) is 12.4 Å². The molecule has 0 spiro atoms. The van der Waals surface area contributed by atoms with Crippen molar-refractivity contribution in [1.82, 2.24) is 24.7 Å². The van der Waals surface area contributed by atoms with Crippen LogP contribution in [0.5, 0.6) is 0 Å². The lowest BCUT2D eigenvalue weighted by atomic mass is 10.1. The number of fused-ring (bicyclic) bond motifs is 2. The molecule has 1 unspecified atom stereocenters. The van der Waals surface area contributed by atoms with Gasteiger partial charge in [-0.25, -0.2) is 15.0 Å². The molecule has 6 nitrogen and oxygen atoms in total. The van der Waals surface area contributed by atoms with Crippen molar-refractivity contribution >= 4 is 33.1 Å². The normalized spacial score (nSPS) is 15.6. The third-order valence-corrected chi connectivity index (χ3v) is 6.08. The number of aryl methyl sites for hydroxylation is 1. The van der Waals surface area contributed by atoms with Crippen LogP contribution < -0.4 is 5.32 Å². The Morgan fingerprint density at radius 1 is 1.27 bits per heavy atom. The van der Waals surface area contributed by atoms with Crippen molar-refractivity contribution in [1.29, 1.82) is 0 Å². The zero-order chi connectivity index (χ0) is 21.0. The van der Waals surface area contributed by atoms with E-state index in [0.29, 0.717) is 18.5 Å². The second kappa shape index (κ2) is 6.76. The maximum absolute atomic E-state index is 13.3. The average Bonchev–Trinajstić information content (AvgIpc) is 3.24. The van der Waals surface area contributed by atoms with Crippen LogP contribution in [0.25, 0.3) is 27.1 Å². The predicted octanol–water partition coefficient (Wildman–Crippen LogP) is 4.39. The summed E-state index contributed by atoms with van der Waals surface area (Å²) in [6.07, 6.45) is -2.19. The Morgan fingerprint density at radius 2 is 2.07 bits per heavy atom. The van der Waals surface area contributed by atoms with E-state index in [1.165, 1.54) is 17.7 Å². The molecule has 154 valence electrons. The van der Waals surface area contributed by atoms with Crippen LogP contribution in [-0.4, -0.2) is 37.5 Å². The van der Waals surface area contributed by atoms with Crippen molar-refractivity contribution < 1.29 is 18.0 Å². The number of thiazole rings is 1. The first kappa shape index (κ1) is 19.0. The maximum Gasteiger partial charge on any atom is 0.408 e. The molecule has 0 radical (unpaired) electrons. The molecule has 3 heterocycles. The standard InChI is InChI=1S/C20H16F3N5OS/c1-10-6-13(12-4-5-15-14(7-12)25-9-30-15)26-18-16(24-8-28(10)18)19(29)27-17(11-2-3-11)20(21,22)23/h4-9,11,17H,2-3H2,1H3,(H,27,29). The van der Waals surface area contributed by atoms with Crippen molar-refractivity contribution in [2.45, 2.75) is 32.0 Å². The van der Waals surface area contributed by atoms with Crippen LogP contribution in [0.4, 0.5) is 13.2 Å². The van der Waals surface area contributed by atoms with E-state index >= 15 is 0 Å². The van der Waals surface area contributed by atoms with Gasteiger partial charge in [0.05, 0.1) is 21.4 Å². The molecular formula is C20H16F3N5OS. The molecule has 0 aliphatic heterocycles. The minimum absolute atomic E-state index is 0.121. The maximum atomic E-state index is 13.3. The smallest absolute Gasteiger partial charge is 0.339 e. The Hall–Kier alpha value is -3.01. The second-order valence-corrected chi connectivity index (χ2v) is 8.32. The van der Waals surface area contributed by atoms with Crippen LogP contribution in [-0.2, 0) is 0 Å². The fourth-order valence-electron chi connectivity index (χ4n) is 3.55. The lowest BCUT2D eigenvalue weighted by Gasteiger charge is -2.20. The molecule has 1 aromatic carbocycles. The summed E-state index contributed by atoms with van der Waals surface area (Å²) in [7, 11) is 0. The molecule has 1 N–H and O–H groups in total. The van der Waals surface area contributed by atoms with Crippen LogP contribution >= 0.6 is 11.3 Å². The SMILES string of the molecule is Cc1cc(-c2ccc3scnc3c2)nc2c(C(=O)NC(C3CC3)C(F)(F)F)ncn12. The highest BCUT2D eigenvalue weighted by Gasteiger charge is 2.50. The zero-order valence-electron chi connectivity index (χ0n) is 15.8. The summed E-state index contributed by atoms with van der Waals surface area (Å²) in [4.78, 5) is 25.6. The Labute approximate surface area is 172 Å². The second-order valence-electron chi connectivity index (χ2n) is 7.43. The molecule has 0 bridgehead atoms. The van der Waals surface area contributed by atoms with Crippen LogP contribution in [0.2, 0.25) is 0 Å². The van der Waals surface area contributed by atoms with Crippen molar-refractivity contribution in [2.24, 2.45) is 5.92 Å². The van der Waals surface area contributed by atoms with Gasteiger partial charge in [-0.15, -0.1) is 11.3 Å². The highest BCUT2D eigenvalue weighted by molar-refractivity contribution is 7.16. The molecule has 10 heteroatoms. The highest BCUT2D eigenvalue weighted by Crippen LogP contribution is 2.40. The number of nitrogens with one attached hydrogen (secondary N) is 1. The molecule has 3 aromatic heterocycles. The number of hydrogen-bond donors (Lipinski definition) is 1. The van der Waals surface area contributed by atoms with Gasteiger partial charge in [-0.1, -0.05) is 6.07 Å². The highest BCUT2D eigenvalue weighted by atomic mass is 32.1. The Morgan fingerprint density at radius 3 is 2.80 bits per heavy atom. The van der Waals surface area contributed by atoms with Gasteiger partial charge in [0.2, 0.25) is 0 Å². The number of carbonyl (C=O) groups excluding carboxylic acids is 1. The summed E-state index contributed by atoms with van der Waals surface area (Å²) >= 11 is 1.53. The number of benzene rings is 1. The van der Waals surface area contributed by atoms with Crippen LogP contribution in [0.15, 0.2) is 36.1 Å². The summed E-state index contributed by atoms with van der Waals surface area (Å²) in [5.74, 6) is -1.44. The molecule has 1 aliphatic rings. The van der Waals surface area contributed by atoms with Gasteiger partial charge in [-0.2, -0.15) is 13.2 Å². The number of hydrogen-bond acceptors (Lipinski definition) is 5. The number of carbonyl (C=O) groups is 1. The lowest BCUT2D eigenvalue weighted by molar-refractivity contribution is -0.158. The number of aromatic nitrogens is 4. The Balaban J connectivity index is 1.54. The molecular weight excluding hydrogens is 415 g/mol. The average molecular weight is 431 g/mol. The Kier molecular flexibility index (Phi) is 4.28. The van der Waals surface area contributed by atoms with E-state index in [2.05, 4.69) is 20.3 Å². The van der Waals surface area contributed by atoms with Crippen LogP contribution in [0.3, 0.4) is 0 Å². The van der Waals surface area contributed by atoms with Crippen LogP contribution in [0, 0.1) is 12.8 Å². The van der Waals surface area contributed by atoms with Gasteiger partial charge in [0.15, 0.2) is 11.3 Å². The van der Waals surface area contributed by atoms with Crippen molar-refractivity contribution in [3.05, 3.63) is 47.5 Å². The summed E-state index contributed by atoms with van der Waals surface area (Å²) in [5, 5.41) is 2.12. The van der Waals surface area contributed by atoms with E-state index in [0.717, 1.165) is 21.5 Å². The third kappa shape index (κ3) is 3.30. The number of rotatable bonds is 4. The molecule has 30 heavy (non-hydrogen) atoms. The number of amides is 1. The minimum atomic E-state index is -4.50. The molecule has 1 aliphatic carbocycles. The number of alkyl halides is 3. The molecule has 1 fully saturated rings. The topological polar surface area (TPSA) is 72.2 Å². The summed E-state index contributed by atoms with van der Waals surface area (Å²) in [5.41, 5.74) is 4.85. The van der Waals surface area contributed by atoms with Crippen LogP contribution in [0.1, 0.15) is 29.0 Å². The first-order valence-electron chi connectivity index (χ1n) is 9.37. The Bertz CT molecular complexity index is 1270. The van der Waals surface area contributed by atoms with E-state index in [9.17, 15) is 18.0 Å². The molecule has 5 rings (SSSR count). The summed E-state index contributed by atoms with van der Waals surface area (Å²) in [6, 6.07) is 5.72. The van der Waals surface area contributed by atoms with Gasteiger partial charge >= 0.3 is 6.18 Å². The predicted molar refractivity (Wildman–Crippen MR) is 106 cm³/mol. The van der Waals surface area contributed by atoms with E-state index in [1.807, 2.05) is 31.2 Å². The van der Waals surface area contributed by atoms with E-state index in [4.69, 9.17) is 0 Å². The fourth-order valence-corrected chi connectivity index (χ4v) is 4.21. The number of nitrogens with zero attached hydrogens (tertiary/aromatic N) is 4. The fraction of sp³-hybridized carbons (Fsp3) is 0.300. The van der Waals surface area contributed by atoms with E-state index in [1.54, 1.807) is 9.91 Å². The van der Waals surface area contributed by atoms with Crippen molar-refractivity contribution in [2.75, 3.05) is 0 Å². The monoisotopic (exact) mass is 431 g/mol. The lowest BCUT2D eigenvalue weighted by Crippen LogP contribution is -2.47. The zero-order valence-corrected chi connectivity index (χ0v) is 16.6. The molecule has 1 amide bonds. The molecule has 4 aromatic rings. The quantitative estimate of drug-likeness (QED) is 0.520. The summed E-state index contributed by atoms with van der Waals surface area (Å²) in [6.45, 7) is 1.83. The first-order valence-corrected chi connectivity index (χ1v) is 10.2. The van der Waals surface area contributed by atoms with E-state index < -0.39 is 24.0 Å². The molecule has 1 atom stereocenters. The molecule has 1 saturated carbocycles. The third-order valence-electron chi connectivity index (χ3n) is 5.27. The van der Waals surface area contributed by atoms with Crippen molar-refractivity contribution in [3.63, 3.8) is 0 Å². The van der Waals surface area contributed by atoms with Gasteiger partial charge in [-0.3, -0.25) is 9.20 Å². The van der Waals surface area contributed by atoms with Gasteiger partial charge < -0.3 is 5.32 Å². The van der Waals surface area contributed by atoms with Crippen molar-refractivity contribution in [3.8, 4) is 11.3 Å². The first-order chi connectivity index (χ1) is 14.3. The minimum Gasteiger partial charge on any atom is -0.339 e. The van der Waals surface area contributed by atoms with Gasteiger partial charge in [0, 0.05) is 11.3 Å². The largest absolute Gasteiger partial charge is 0.408 e. The molecule has 0 saturated heterocycles. The number of halogens is 3. The van der Waals surface area contributed by atoms with Gasteiger partial charge in [0.25, 0.3) is 5.91 Å². The van der Waals surface area contributed by atoms with E-state index in [-0.39, 0.29) is 11.3 Å². The number of imidazole rings is 1. The summed E-state index contributed by atoms with van der Waals surface area (Å²) < 4.78 is 42.6.